The van der Waals surface area contributed by atoms with Gasteiger partial charge in [-0.3, -0.25) is 0 Å². The van der Waals surface area contributed by atoms with Crippen molar-refractivity contribution < 1.29 is 13.9 Å². The van der Waals surface area contributed by atoms with Crippen LogP contribution in [0, 0.1) is 5.82 Å². The Labute approximate surface area is 83.6 Å². The zero-order valence-corrected chi connectivity index (χ0v) is 8.55. The number of benzene rings is 1. The molecule has 0 radical (unpaired) electrons. The molecule has 0 aliphatic heterocycles. The van der Waals surface area contributed by atoms with Gasteiger partial charge < -0.3 is 9.47 Å². The second-order valence-electron chi connectivity index (χ2n) is 3.03. The van der Waals surface area contributed by atoms with Crippen LogP contribution in [0.25, 0.3) is 0 Å². The van der Waals surface area contributed by atoms with Crippen LogP contribution < -0.4 is 0 Å². The molecule has 14 heavy (non-hydrogen) atoms. The molecule has 0 saturated heterocycles. The molecule has 0 aromatic heterocycles. The fourth-order valence-corrected chi connectivity index (χ4v) is 1.16. The number of halogens is 1. The van der Waals surface area contributed by atoms with Gasteiger partial charge in [-0.25, -0.2) is 4.39 Å². The summed E-state index contributed by atoms with van der Waals surface area (Å²) in [6.07, 6.45) is 0.843. The molecule has 1 aromatic rings. The molecule has 0 bridgehead atoms. The summed E-state index contributed by atoms with van der Waals surface area (Å²) in [6.45, 7) is 2.44. The van der Waals surface area contributed by atoms with Gasteiger partial charge in [0.15, 0.2) is 0 Å². The quantitative estimate of drug-likeness (QED) is 0.534. The van der Waals surface area contributed by atoms with Crippen LogP contribution in [0.2, 0.25) is 0 Å². The molecule has 1 rings (SSSR count). The highest BCUT2D eigenvalue weighted by Crippen LogP contribution is 2.11. The van der Waals surface area contributed by atoms with Gasteiger partial charge in [0, 0.05) is 12.7 Å². The van der Waals surface area contributed by atoms with Gasteiger partial charge in [0.2, 0.25) is 0 Å². The van der Waals surface area contributed by atoms with Crippen molar-refractivity contribution in [3.05, 3.63) is 35.1 Å². The first-order chi connectivity index (χ1) is 6.77. The summed E-state index contributed by atoms with van der Waals surface area (Å²) in [6, 6.07) is 5.21. The minimum absolute atomic E-state index is 0.189. The minimum Gasteiger partial charge on any atom is -0.359 e. The molecule has 0 fully saturated rings. The van der Waals surface area contributed by atoms with Gasteiger partial charge in [-0.05, 0) is 18.1 Å². The summed E-state index contributed by atoms with van der Waals surface area (Å²) < 4.78 is 23.1. The molecule has 0 unspecified atom stereocenters. The summed E-state index contributed by atoms with van der Waals surface area (Å²) in [5, 5.41) is 0. The Balaban J connectivity index is 2.59. The van der Waals surface area contributed by atoms with E-state index in [0.717, 1.165) is 12.0 Å². The van der Waals surface area contributed by atoms with Crippen molar-refractivity contribution >= 4 is 0 Å². The van der Waals surface area contributed by atoms with Crippen molar-refractivity contribution in [1.82, 2.24) is 0 Å². The molecule has 2 nitrogen and oxygen atoms in total. The SMILES string of the molecule is CCc1ccc(COCOC)c(F)c1. The first kappa shape index (κ1) is 11.1. The van der Waals surface area contributed by atoms with E-state index in [-0.39, 0.29) is 19.2 Å². The van der Waals surface area contributed by atoms with Gasteiger partial charge in [-0.1, -0.05) is 19.1 Å². The second kappa shape index (κ2) is 5.73. The van der Waals surface area contributed by atoms with Crippen molar-refractivity contribution in [3.8, 4) is 0 Å². The van der Waals surface area contributed by atoms with Crippen LogP contribution in [0.5, 0.6) is 0 Å². The second-order valence-corrected chi connectivity index (χ2v) is 3.03. The largest absolute Gasteiger partial charge is 0.359 e. The third-order valence-corrected chi connectivity index (χ3v) is 1.98. The fourth-order valence-electron chi connectivity index (χ4n) is 1.16. The van der Waals surface area contributed by atoms with Gasteiger partial charge in [0.05, 0.1) is 6.61 Å². The topological polar surface area (TPSA) is 18.5 Å². The smallest absolute Gasteiger partial charge is 0.146 e. The predicted molar refractivity (Wildman–Crippen MR) is 52.4 cm³/mol. The van der Waals surface area contributed by atoms with Crippen molar-refractivity contribution in [3.63, 3.8) is 0 Å². The lowest BCUT2D eigenvalue weighted by atomic mass is 10.1. The van der Waals surface area contributed by atoms with Crippen molar-refractivity contribution in [2.45, 2.75) is 20.0 Å². The highest BCUT2D eigenvalue weighted by atomic mass is 19.1. The lowest BCUT2D eigenvalue weighted by Gasteiger charge is -2.05. The third-order valence-electron chi connectivity index (χ3n) is 1.98. The van der Waals surface area contributed by atoms with E-state index in [0.29, 0.717) is 5.56 Å². The molecule has 0 N–H and O–H groups in total. The predicted octanol–water partition coefficient (Wildman–Crippen LogP) is 2.51. The lowest BCUT2D eigenvalue weighted by Crippen LogP contribution is -1.99. The van der Waals surface area contributed by atoms with Gasteiger partial charge in [0.1, 0.15) is 12.6 Å². The maximum Gasteiger partial charge on any atom is 0.146 e. The molecule has 78 valence electrons. The Morgan fingerprint density at radius 1 is 1.36 bits per heavy atom. The standard InChI is InChI=1S/C11H15FO2/c1-3-9-4-5-10(11(12)6-9)7-14-8-13-2/h4-6H,3,7-8H2,1-2H3. The Morgan fingerprint density at radius 2 is 2.14 bits per heavy atom. The Morgan fingerprint density at radius 3 is 2.71 bits per heavy atom. The molecule has 0 heterocycles. The van der Waals surface area contributed by atoms with Gasteiger partial charge in [-0.15, -0.1) is 0 Å². The van der Waals surface area contributed by atoms with Crippen LogP contribution in [0.3, 0.4) is 0 Å². The normalized spacial score (nSPS) is 10.5. The van der Waals surface area contributed by atoms with Crippen molar-refractivity contribution in [2.75, 3.05) is 13.9 Å². The van der Waals surface area contributed by atoms with Crippen LogP contribution in [0.1, 0.15) is 18.1 Å². The maximum atomic E-state index is 13.3. The monoisotopic (exact) mass is 198 g/mol. The van der Waals surface area contributed by atoms with E-state index in [9.17, 15) is 4.39 Å². The van der Waals surface area contributed by atoms with Crippen LogP contribution in [-0.4, -0.2) is 13.9 Å². The summed E-state index contributed by atoms with van der Waals surface area (Å²) in [7, 11) is 1.54. The average molecular weight is 198 g/mol. The Bertz CT molecular complexity index is 287. The van der Waals surface area contributed by atoms with E-state index < -0.39 is 0 Å². The number of methoxy groups -OCH3 is 1. The van der Waals surface area contributed by atoms with Crippen molar-refractivity contribution in [2.24, 2.45) is 0 Å². The van der Waals surface area contributed by atoms with Crippen LogP contribution in [-0.2, 0) is 22.5 Å². The number of aryl methyl sites for hydroxylation is 1. The zero-order valence-electron chi connectivity index (χ0n) is 8.55. The number of rotatable bonds is 5. The third kappa shape index (κ3) is 3.09. The zero-order chi connectivity index (χ0) is 10.4. The van der Waals surface area contributed by atoms with Gasteiger partial charge >= 0.3 is 0 Å². The first-order valence-electron chi connectivity index (χ1n) is 4.62. The summed E-state index contributed by atoms with van der Waals surface area (Å²) in [5.41, 5.74) is 1.57. The number of hydrogen-bond acceptors (Lipinski definition) is 2. The van der Waals surface area contributed by atoms with Gasteiger partial charge in [0.25, 0.3) is 0 Å². The Hall–Kier alpha value is -0.930. The van der Waals surface area contributed by atoms with E-state index in [1.54, 1.807) is 12.1 Å². The maximum absolute atomic E-state index is 13.3. The van der Waals surface area contributed by atoms with Crippen LogP contribution in [0.15, 0.2) is 18.2 Å². The molecule has 3 heteroatoms. The molecule has 0 atom stereocenters. The lowest BCUT2D eigenvalue weighted by molar-refractivity contribution is -0.0398. The molecule has 0 spiro atoms. The summed E-state index contributed by atoms with van der Waals surface area (Å²) >= 11 is 0. The molecular weight excluding hydrogens is 183 g/mol. The molecule has 1 aromatic carbocycles. The van der Waals surface area contributed by atoms with Gasteiger partial charge in [-0.2, -0.15) is 0 Å². The summed E-state index contributed by atoms with van der Waals surface area (Å²) in [5.74, 6) is -0.208. The van der Waals surface area contributed by atoms with E-state index in [2.05, 4.69) is 0 Å². The Kier molecular flexibility index (Phi) is 4.56. The molecule has 0 amide bonds. The molecule has 0 aliphatic rings. The van der Waals surface area contributed by atoms with E-state index in [1.807, 2.05) is 13.0 Å². The fraction of sp³-hybridized carbons (Fsp3) is 0.455. The molecule has 0 aliphatic carbocycles. The number of hydrogen-bond donors (Lipinski definition) is 0. The minimum atomic E-state index is -0.208. The highest BCUT2D eigenvalue weighted by Gasteiger charge is 2.02. The average Bonchev–Trinajstić information content (AvgIpc) is 2.20. The van der Waals surface area contributed by atoms with E-state index >= 15 is 0 Å². The molecular formula is C11H15FO2. The number of ether oxygens (including phenoxy) is 2. The van der Waals surface area contributed by atoms with E-state index in [1.165, 1.54) is 7.11 Å². The molecule has 0 saturated carbocycles. The van der Waals surface area contributed by atoms with Crippen LogP contribution in [0.4, 0.5) is 4.39 Å². The van der Waals surface area contributed by atoms with E-state index in [4.69, 9.17) is 9.47 Å². The first-order valence-corrected chi connectivity index (χ1v) is 4.62. The van der Waals surface area contributed by atoms with Crippen LogP contribution >= 0.6 is 0 Å². The highest BCUT2D eigenvalue weighted by molar-refractivity contribution is 5.23. The summed E-state index contributed by atoms with van der Waals surface area (Å²) in [4.78, 5) is 0. The van der Waals surface area contributed by atoms with Crippen molar-refractivity contribution in [1.29, 1.82) is 0 Å².